The molecule has 6 nitrogen and oxygen atoms in total. The second kappa shape index (κ2) is 6.88. The van der Waals surface area contributed by atoms with Crippen LogP contribution in [0.4, 0.5) is 0 Å². The fraction of sp³-hybridized carbons (Fsp3) is 0.333. The van der Waals surface area contributed by atoms with Gasteiger partial charge in [0.2, 0.25) is 11.7 Å². The highest BCUT2D eigenvalue weighted by Gasteiger charge is 2.32. The Balaban J connectivity index is 1.89. The number of carbonyl (C=O) groups excluding carboxylic acids is 2. The highest BCUT2D eigenvalue weighted by Crippen LogP contribution is 2.26. The van der Waals surface area contributed by atoms with Crippen molar-refractivity contribution in [2.24, 2.45) is 0 Å². The van der Waals surface area contributed by atoms with E-state index < -0.39 is 5.97 Å². The first-order chi connectivity index (χ1) is 11.6. The number of hydrogen-bond acceptors (Lipinski definition) is 5. The summed E-state index contributed by atoms with van der Waals surface area (Å²) in [5.74, 6) is -0.358. The number of esters is 1. The Morgan fingerprint density at radius 1 is 1.29 bits per heavy atom. The third kappa shape index (κ3) is 3.05. The maximum absolute atomic E-state index is 12.3. The van der Waals surface area contributed by atoms with E-state index in [4.69, 9.17) is 9.15 Å². The van der Waals surface area contributed by atoms with E-state index in [0.717, 1.165) is 5.56 Å². The molecule has 0 spiro atoms. The summed E-state index contributed by atoms with van der Waals surface area (Å²) in [5.41, 5.74) is 3.10. The van der Waals surface area contributed by atoms with Gasteiger partial charge in [-0.15, -0.1) is 0 Å². The first-order valence-corrected chi connectivity index (χ1v) is 7.81. The zero-order chi connectivity index (χ0) is 17.1. The van der Waals surface area contributed by atoms with Crippen LogP contribution in [0.15, 0.2) is 41.0 Å². The van der Waals surface area contributed by atoms with E-state index in [1.54, 1.807) is 13.1 Å². The highest BCUT2D eigenvalue weighted by molar-refractivity contribution is 5.88. The third-order valence-electron chi connectivity index (χ3n) is 4.39. The molecule has 1 amide bonds. The molecule has 0 bridgehead atoms. The van der Waals surface area contributed by atoms with Gasteiger partial charge in [0, 0.05) is 25.7 Å². The van der Waals surface area contributed by atoms with E-state index in [9.17, 15) is 9.59 Å². The lowest BCUT2D eigenvalue weighted by atomic mass is 9.93. The summed E-state index contributed by atoms with van der Waals surface area (Å²) in [6.07, 6.45) is 2.11. The van der Waals surface area contributed by atoms with Crippen LogP contribution >= 0.6 is 0 Å². The second-order valence-electron chi connectivity index (χ2n) is 5.77. The number of amides is 1. The molecule has 2 aromatic rings. The summed E-state index contributed by atoms with van der Waals surface area (Å²) in [5, 5.41) is 2.73. The summed E-state index contributed by atoms with van der Waals surface area (Å²) in [6.45, 7) is 1.08. The van der Waals surface area contributed by atoms with Gasteiger partial charge < -0.3 is 14.5 Å². The van der Waals surface area contributed by atoms with Crippen LogP contribution in [0.5, 0.6) is 0 Å². The van der Waals surface area contributed by atoms with Crippen molar-refractivity contribution in [1.29, 1.82) is 0 Å². The van der Waals surface area contributed by atoms with Crippen molar-refractivity contribution in [3.8, 4) is 0 Å². The topological polar surface area (TPSA) is 71.8 Å². The first-order valence-electron chi connectivity index (χ1n) is 7.81. The monoisotopic (exact) mass is 328 g/mol. The van der Waals surface area contributed by atoms with Gasteiger partial charge in [-0.3, -0.25) is 9.69 Å². The van der Waals surface area contributed by atoms with Crippen molar-refractivity contribution >= 4 is 11.9 Å². The number of nitrogens with one attached hydrogen (secondary N) is 1. The number of ether oxygens (including phenoxy) is 1. The van der Waals surface area contributed by atoms with Gasteiger partial charge in [-0.2, -0.15) is 0 Å². The molecule has 1 atom stereocenters. The van der Waals surface area contributed by atoms with Crippen molar-refractivity contribution in [3.63, 3.8) is 0 Å². The quantitative estimate of drug-likeness (QED) is 0.866. The van der Waals surface area contributed by atoms with Crippen LogP contribution in [0, 0.1) is 0 Å². The molecule has 0 fully saturated rings. The van der Waals surface area contributed by atoms with Crippen molar-refractivity contribution in [3.05, 3.63) is 59.0 Å². The highest BCUT2D eigenvalue weighted by atomic mass is 16.5. The number of hydrogen-bond donors (Lipinski definition) is 1. The number of carbonyl (C=O) groups is 2. The molecule has 3 rings (SSSR count). The van der Waals surface area contributed by atoms with Crippen LogP contribution in [0.1, 0.15) is 27.2 Å². The summed E-state index contributed by atoms with van der Waals surface area (Å²) >= 11 is 0. The van der Waals surface area contributed by atoms with Gasteiger partial charge in [0.25, 0.3) is 0 Å². The molecule has 0 radical (unpaired) electrons. The lowest BCUT2D eigenvalue weighted by Crippen LogP contribution is -2.49. The van der Waals surface area contributed by atoms with Crippen LogP contribution in [-0.4, -0.2) is 37.0 Å². The fourth-order valence-corrected chi connectivity index (χ4v) is 3.12. The average molecular weight is 328 g/mol. The van der Waals surface area contributed by atoms with E-state index in [-0.39, 0.29) is 17.7 Å². The molecule has 2 heterocycles. The maximum Gasteiger partial charge on any atom is 0.374 e. The molecule has 0 saturated carbocycles. The second-order valence-corrected chi connectivity index (χ2v) is 5.77. The predicted octanol–water partition coefficient (Wildman–Crippen LogP) is 1.74. The zero-order valence-electron chi connectivity index (χ0n) is 13.7. The lowest BCUT2D eigenvalue weighted by Gasteiger charge is -2.35. The molecule has 6 heteroatoms. The van der Waals surface area contributed by atoms with Crippen molar-refractivity contribution < 1.29 is 18.7 Å². The normalized spacial score (nSPS) is 17.2. The molecule has 1 aliphatic rings. The van der Waals surface area contributed by atoms with E-state index in [2.05, 4.69) is 22.3 Å². The van der Waals surface area contributed by atoms with E-state index in [0.29, 0.717) is 19.5 Å². The minimum absolute atomic E-state index is 0.0346. The molecule has 1 aliphatic heterocycles. The Bertz CT molecular complexity index is 753. The van der Waals surface area contributed by atoms with Crippen molar-refractivity contribution in [1.82, 2.24) is 10.2 Å². The van der Waals surface area contributed by atoms with Crippen LogP contribution in [0.25, 0.3) is 0 Å². The summed E-state index contributed by atoms with van der Waals surface area (Å²) in [7, 11) is 2.96. The standard InChI is InChI=1S/C18H20N2O4/c1-19-17(21)15-9-12-5-3-4-6-13(12)10-20(15)11-14-7-8-24-16(14)18(22)23-2/h3-8,15H,9-11H2,1-2H3,(H,19,21)/t15-/m0/s1. The third-order valence-corrected chi connectivity index (χ3v) is 4.39. The van der Waals surface area contributed by atoms with Gasteiger partial charge in [-0.05, 0) is 23.6 Å². The van der Waals surface area contributed by atoms with Crippen molar-refractivity contribution in [2.45, 2.75) is 25.6 Å². The zero-order valence-corrected chi connectivity index (χ0v) is 13.7. The number of fused-ring (bicyclic) bond motifs is 1. The summed E-state index contributed by atoms with van der Waals surface area (Å²) in [6, 6.07) is 9.56. The number of methoxy groups -OCH3 is 1. The fourth-order valence-electron chi connectivity index (χ4n) is 3.12. The molecule has 0 unspecified atom stereocenters. The van der Waals surface area contributed by atoms with E-state index in [1.165, 1.54) is 24.5 Å². The maximum atomic E-state index is 12.3. The largest absolute Gasteiger partial charge is 0.463 e. The molecule has 0 aliphatic carbocycles. The molecule has 126 valence electrons. The number of nitrogens with zero attached hydrogens (tertiary/aromatic N) is 1. The molecule has 0 saturated heterocycles. The number of likely N-dealkylation sites (N-methyl/N-ethyl adjacent to an activating group) is 1. The van der Waals surface area contributed by atoms with E-state index in [1.807, 2.05) is 12.1 Å². The molecule has 1 aromatic carbocycles. The van der Waals surface area contributed by atoms with Gasteiger partial charge in [0.1, 0.15) is 0 Å². The van der Waals surface area contributed by atoms with Crippen LogP contribution in [0.2, 0.25) is 0 Å². The Kier molecular flexibility index (Phi) is 4.66. The molecular weight excluding hydrogens is 308 g/mol. The first kappa shape index (κ1) is 16.3. The van der Waals surface area contributed by atoms with Gasteiger partial charge in [0.15, 0.2) is 0 Å². The van der Waals surface area contributed by atoms with Crippen LogP contribution in [0.3, 0.4) is 0 Å². The summed E-state index contributed by atoms with van der Waals surface area (Å²) in [4.78, 5) is 26.2. The van der Waals surface area contributed by atoms with E-state index >= 15 is 0 Å². The summed E-state index contributed by atoms with van der Waals surface area (Å²) < 4.78 is 9.99. The molecule has 24 heavy (non-hydrogen) atoms. The SMILES string of the molecule is CNC(=O)[C@@H]1Cc2ccccc2CN1Cc1ccoc1C(=O)OC. The Morgan fingerprint density at radius 3 is 2.75 bits per heavy atom. The number of benzene rings is 1. The van der Waals surface area contributed by atoms with Gasteiger partial charge in [0.05, 0.1) is 19.4 Å². The smallest absolute Gasteiger partial charge is 0.374 e. The van der Waals surface area contributed by atoms with Crippen LogP contribution in [-0.2, 0) is 29.0 Å². The lowest BCUT2D eigenvalue weighted by molar-refractivity contribution is -0.126. The Labute approximate surface area is 140 Å². The predicted molar refractivity (Wildman–Crippen MR) is 87.3 cm³/mol. The molecular formula is C18H20N2O4. The number of rotatable bonds is 4. The molecule has 1 aromatic heterocycles. The Morgan fingerprint density at radius 2 is 2.04 bits per heavy atom. The minimum atomic E-state index is -0.510. The molecule has 1 N–H and O–H groups in total. The van der Waals surface area contributed by atoms with Crippen molar-refractivity contribution in [2.75, 3.05) is 14.2 Å². The van der Waals surface area contributed by atoms with Gasteiger partial charge in [-0.1, -0.05) is 24.3 Å². The van der Waals surface area contributed by atoms with Gasteiger partial charge in [-0.25, -0.2) is 4.79 Å². The Hall–Kier alpha value is -2.60. The van der Waals surface area contributed by atoms with Crippen LogP contribution < -0.4 is 5.32 Å². The minimum Gasteiger partial charge on any atom is -0.463 e. The average Bonchev–Trinajstić information content (AvgIpc) is 3.08. The van der Waals surface area contributed by atoms with Gasteiger partial charge >= 0.3 is 5.97 Å². The number of furan rings is 1.